The molecule has 134 valence electrons. The van der Waals surface area contributed by atoms with Crippen molar-refractivity contribution in [3.8, 4) is 0 Å². The summed E-state index contributed by atoms with van der Waals surface area (Å²) in [5.41, 5.74) is -0.308. The Morgan fingerprint density at radius 3 is 2.58 bits per heavy atom. The molecule has 0 aliphatic heterocycles. The number of Topliss-reactive ketones (excluding diaryl/α,β-unsaturated/α-hetero) is 2. The van der Waals surface area contributed by atoms with Crippen molar-refractivity contribution in [2.75, 3.05) is 7.11 Å². The summed E-state index contributed by atoms with van der Waals surface area (Å²) in [4.78, 5) is 36.5. The highest BCUT2D eigenvalue weighted by molar-refractivity contribution is 5.87. The van der Waals surface area contributed by atoms with Gasteiger partial charge < -0.3 is 4.74 Å². The molecule has 3 aliphatic rings. The first-order valence-electron chi connectivity index (χ1n) is 9.42. The molecule has 4 nitrogen and oxygen atoms in total. The molecule has 0 heterocycles. The van der Waals surface area contributed by atoms with Crippen molar-refractivity contribution in [3.63, 3.8) is 0 Å². The molecule has 0 aromatic heterocycles. The van der Waals surface area contributed by atoms with Gasteiger partial charge in [-0.3, -0.25) is 14.4 Å². The summed E-state index contributed by atoms with van der Waals surface area (Å²) in [5.74, 6) is 1.87. The summed E-state index contributed by atoms with van der Waals surface area (Å²) >= 11 is 0. The highest BCUT2D eigenvalue weighted by Crippen LogP contribution is 2.61. The summed E-state index contributed by atoms with van der Waals surface area (Å²) in [7, 11) is 1.42. The van der Waals surface area contributed by atoms with Crippen LogP contribution in [-0.2, 0) is 19.1 Å². The lowest BCUT2D eigenvalue weighted by Crippen LogP contribution is -2.46. The van der Waals surface area contributed by atoms with Gasteiger partial charge in [-0.05, 0) is 55.3 Å². The minimum absolute atomic E-state index is 0.139. The fraction of sp³-hybridized carbons (Fsp3) is 0.850. The first-order valence-corrected chi connectivity index (χ1v) is 9.42. The van der Waals surface area contributed by atoms with E-state index in [9.17, 15) is 14.4 Å². The van der Waals surface area contributed by atoms with E-state index in [-0.39, 0.29) is 16.8 Å². The zero-order valence-corrected chi connectivity index (χ0v) is 15.2. The number of esters is 1. The normalized spacial score (nSPS) is 42.2. The molecule has 0 spiro atoms. The van der Waals surface area contributed by atoms with Crippen LogP contribution in [0.4, 0.5) is 0 Å². The van der Waals surface area contributed by atoms with E-state index in [1.54, 1.807) is 0 Å². The molecule has 0 radical (unpaired) electrons. The van der Waals surface area contributed by atoms with Crippen LogP contribution < -0.4 is 0 Å². The van der Waals surface area contributed by atoms with Gasteiger partial charge in [-0.1, -0.05) is 13.8 Å². The van der Waals surface area contributed by atoms with Gasteiger partial charge in [0.05, 0.1) is 7.11 Å². The molecule has 4 heteroatoms. The Balaban J connectivity index is 1.87. The lowest BCUT2D eigenvalue weighted by molar-refractivity contribution is -0.142. The predicted molar refractivity (Wildman–Crippen MR) is 90.3 cm³/mol. The third kappa shape index (κ3) is 2.82. The van der Waals surface area contributed by atoms with Gasteiger partial charge in [-0.15, -0.1) is 0 Å². The van der Waals surface area contributed by atoms with Crippen LogP contribution in [0.1, 0.15) is 71.6 Å². The highest BCUT2D eigenvalue weighted by Gasteiger charge is 2.57. The van der Waals surface area contributed by atoms with Gasteiger partial charge in [0, 0.05) is 31.1 Å². The number of fused-ring (bicyclic) bond motifs is 3. The van der Waals surface area contributed by atoms with Crippen molar-refractivity contribution >= 4 is 17.5 Å². The largest absolute Gasteiger partial charge is 0.469 e. The van der Waals surface area contributed by atoms with Gasteiger partial charge in [0.15, 0.2) is 0 Å². The lowest BCUT2D eigenvalue weighted by Gasteiger charge is -2.50. The van der Waals surface area contributed by atoms with E-state index in [0.29, 0.717) is 61.4 Å². The van der Waals surface area contributed by atoms with E-state index in [1.807, 2.05) is 0 Å². The van der Waals surface area contributed by atoms with Gasteiger partial charge in [-0.2, -0.15) is 0 Å². The molecule has 0 aromatic carbocycles. The molecule has 0 bridgehead atoms. The highest BCUT2D eigenvalue weighted by atomic mass is 16.5. The quantitative estimate of drug-likeness (QED) is 0.738. The molecule has 0 aromatic rings. The Hall–Kier alpha value is -1.19. The van der Waals surface area contributed by atoms with Crippen molar-refractivity contribution in [2.45, 2.75) is 71.6 Å². The first kappa shape index (κ1) is 17.6. The molecule has 24 heavy (non-hydrogen) atoms. The molecule has 3 saturated carbocycles. The Morgan fingerprint density at radius 2 is 1.88 bits per heavy atom. The van der Waals surface area contributed by atoms with Gasteiger partial charge >= 0.3 is 5.97 Å². The average molecular weight is 334 g/mol. The van der Waals surface area contributed by atoms with Crippen molar-refractivity contribution in [3.05, 3.63) is 0 Å². The standard InChI is InChI=1S/C20H30O4/c1-19(10-9-18(23)24-3)12-13(21)4-5-14-15(19)8-11-20(2)16(14)6-7-17(20)22/h14-16H,4-12H2,1-3H3. The van der Waals surface area contributed by atoms with Crippen LogP contribution in [0.3, 0.4) is 0 Å². The minimum atomic E-state index is -0.193. The van der Waals surface area contributed by atoms with Crippen LogP contribution in [-0.4, -0.2) is 24.6 Å². The van der Waals surface area contributed by atoms with Crippen molar-refractivity contribution in [2.24, 2.45) is 28.6 Å². The van der Waals surface area contributed by atoms with Gasteiger partial charge in [0.25, 0.3) is 0 Å². The Morgan fingerprint density at radius 1 is 1.12 bits per heavy atom. The molecule has 3 rings (SSSR count). The van der Waals surface area contributed by atoms with Gasteiger partial charge in [0.1, 0.15) is 11.6 Å². The van der Waals surface area contributed by atoms with Crippen LogP contribution in [0.2, 0.25) is 0 Å². The van der Waals surface area contributed by atoms with Crippen molar-refractivity contribution in [1.82, 2.24) is 0 Å². The number of carbonyl (C=O) groups excluding carboxylic acids is 3. The van der Waals surface area contributed by atoms with Crippen molar-refractivity contribution in [1.29, 1.82) is 0 Å². The van der Waals surface area contributed by atoms with Gasteiger partial charge in [0.2, 0.25) is 0 Å². The molecule has 5 unspecified atom stereocenters. The zero-order valence-electron chi connectivity index (χ0n) is 15.2. The molecule has 0 amide bonds. The van der Waals surface area contributed by atoms with Crippen LogP contribution in [0.25, 0.3) is 0 Å². The van der Waals surface area contributed by atoms with E-state index in [0.717, 1.165) is 25.7 Å². The van der Waals surface area contributed by atoms with E-state index < -0.39 is 0 Å². The third-order valence-electron chi connectivity index (χ3n) is 7.53. The Labute approximate surface area is 144 Å². The van der Waals surface area contributed by atoms with Crippen molar-refractivity contribution < 1.29 is 19.1 Å². The number of ether oxygens (including phenoxy) is 1. The first-order chi connectivity index (χ1) is 11.3. The number of ketones is 2. The fourth-order valence-electron chi connectivity index (χ4n) is 6.09. The summed E-state index contributed by atoms with van der Waals surface area (Å²) in [6.45, 7) is 4.35. The van der Waals surface area contributed by atoms with Crippen LogP contribution in [0.15, 0.2) is 0 Å². The maximum Gasteiger partial charge on any atom is 0.305 e. The summed E-state index contributed by atoms with van der Waals surface area (Å²) in [5, 5.41) is 0. The predicted octanol–water partition coefficient (Wildman–Crippen LogP) is 3.71. The summed E-state index contributed by atoms with van der Waals surface area (Å²) < 4.78 is 4.81. The number of carbonyl (C=O) groups is 3. The molecular formula is C20H30O4. The lowest BCUT2D eigenvalue weighted by atomic mass is 9.53. The van der Waals surface area contributed by atoms with E-state index in [4.69, 9.17) is 4.74 Å². The topological polar surface area (TPSA) is 60.4 Å². The third-order valence-corrected chi connectivity index (χ3v) is 7.53. The number of methoxy groups -OCH3 is 1. The molecule has 3 fully saturated rings. The molecule has 0 saturated heterocycles. The maximum absolute atomic E-state index is 12.4. The Kier molecular flexibility index (Phi) is 4.61. The molecular weight excluding hydrogens is 304 g/mol. The minimum Gasteiger partial charge on any atom is -0.469 e. The molecule has 0 N–H and O–H groups in total. The molecule has 5 atom stereocenters. The maximum atomic E-state index is 12.4. The zero-order chi connectivity index (χ0) is 17.5. The summed E-state index contributed by atoms with van der Waals surface area (Å²) in [6.07, 6.45) is 6.86. The van der Waals surface area contributed by atoms with E-state index in [1.165, 1.54) is 7.11 Å². The second kappa shape index (κ2) is 6.27. The smallest absolute Gasteiger partial charge is 0.305 e. The monoisotopic (exact) mass is 334 g/mol. The van der Waals surface area contributed by atoms with E-state index >= 15 is 0 Å². The summed E-state index contributed by atoms with van der Waals surface area (Å²) in [6, 6.07) is 0. The Bertz CT molecular complexity index is 554. The second-order valence-electron chi connectivity index (χ2n) is 8.78. The van der Waals surface area contributed by atoms with Crippen LogP contribution in [0.5, 0.6) is 0 Å². The SMILES string of the molecule is COC(=O)CCC1(C)CC(=O)CCC2C1CCC1(C)C(=O)CCC21. The average Bonchev–Trinajstić information content (AvgIpc) is 2.78. The second-order valence-corrected chi connectivity index (χ2v) is 8.78. The fourth-order valence-corrected chi connectivity index (χ4v) is 6.09. The van der Waals surface area contributed by atoms with E-state index in [2.05, 4.69) is 13.8 Å². The van der Waals surface area contributed by atoms with Crippen LogP contribution in [0, 0.1) is 28.6 Å². The number of rotatable bonds is 3. The van der Waals surface area contributed by atoms with Gasteiger partial charge in [-0.25, -0.2) is 0 Å². The number of hydrogen-bond acceptors (Lipinski definition) is 4. The number of hydrogen-bond donors (Lipinski definition) is 0. The van der Waals surface area contributed by atoms with Crippen LogP contribution >= 0.6 is 0 Å². The molecule has 3 aliphatic carbocycles.